The first-order valence-electron chi connectivity index (χ1n) is 5.49. The minimum Gasteiger partial charge on any atom is -0.465 e. The summed E-state index contributed by atoms with van der Waals surface area (Å²) in [6.45, 7) is 0.484. The number of nitrogens with zero attached hydrogens (tertiary/aromatic N) is 3. The van der Waals surface area contributed by atoms with Crippen molar-refractivity contribution in [3.8, 4) is 11.4 Å². The van der Waals surface area contributed by atoms with Gasteiger partial charge in [0.1, 0.15) is 5.25 Å². The molecule has 0 saturated carbocycles. The molecular formula is C11H10N4O2S. The SMILES string of the molecule is O=C1OCC[C@@H]1Sc1n[nH]c(-c2ccncc2)n1. The summed E-state index contributed by atoms with van der Waals surface area (Å²) in [5, 5.41) is 7.31. The average Bonchev–Trinajstić information content (AvgIpc) is 3.02. The van der Waals surface area contributed by atoms with Crippen LogP contribution in [0, 0.1) is 0 Å². The second-order valence-electron chi connectivity index (χ2n) is 3.77. The van der Waals surface area contributed by atoms with Gasteiger partial charge in [0.2, 0.25) is 5.16 Å². The van der Waals surface area contributed by atoms with Crippen LogP contribution in [0.1, 0.15) is 6.42 Å². The van der Waals surface area contributed by atoms with E-state index in [1.54, 1.807) is 12.4 Å². The van der Waals surface area contributed by atoms with Crippen molar-refractivity contribution in [2.75, 3.05) is 6.61 Å². The number of ether oxygens (including phenoxy) is 1. The summed E-state index contributed by atoms with van der Waals surface area (Å²) in [6.07, 6.45) is 4.10. The Morgan fingerprint density at radius 1 is 1.39 bits per heavy atom. The van der Waals surface area contributed by atoms with E-state index in [1.165, 1.54) is 11.8 Å². The fraction of sp³-hybridized carbons (Fsp3) is 0.273. The fourth-order valence-electron chi connectivity index (χ4n) is 1.65. The number of carbonyl (C=O) groups excluding carboxylic acids is 1. The smallest absolute Gasteiger partial charge is 0.319 e. The molecule has 1 N–H and O–H groups in total. The molecule has 0 amide bonds. The molecule has 1 atom stereocenters. The van der Waals surface area contributed by atoms with E-state index in [1.807, 2.05) is 12.1 Å². The Balaban J connectivity index is 1.76. The minimum absolute atomic E-state index is 0.185. The van der Waals surface area contributed by atoms with Crippen LogP contribution in [0.15, 0.2) is 29.7 Å². The third-order valence-electron chi connectivity index (χ3n) is 2.55. The Hall–Kier alpha value is -1.89. The zero-order valence-corrected chi connectivity index (χ0v) is 10.2. The Bertz CT molecular complexity index is 557. The second-order valence-corrected chi connectivity index (χ2v) is 4.94. The zero-order chi connectivity index (χ0) is 12.4. The molecule has 6 nitrogen and oxygen atoms in total. The molecule has 18 heavy (non-hydrogen) atoms. The van der Waals surface area contributed by atoms with Crippen LogP contribution >= 0.6 is 11.8 Å². The third kappa shape index (κ3) is 2.21. The van der Waals surface area contributed by atoms with E-state index in [-0.39, 0.29) is 11.2 Å². The highest BCUT2D eigenvalue weighted by Gasteiger charge is 2.28. The van der Waals surface area contributed by atoms with E-state index in [4.69, 9.17) is 4.74 Å². The molecule has 2 aromatic heterocycles. The van der Waals surface area contributed by atoms with Gasteiger partial charge in [0.25, 0.3) is 0 Å². The Morgan fingerprint density at radius 2 is 2.22 bits per heavy atom. The van der Waals surface area contributed by atoms with Crippen LogP contribution in [0.4, 0.5) is 0 Å². The maximum absolute atomic E-state index is 11.3. The van der Waals surface area contributed by atoms with Crippen molar-refractivity contribution in [2.45, 2.75) is 16.8 Å². The summed E-state index contributed by atoms with van der Waals surface area (Å²) < 4.78 is 4.90. The molecule has 3 heterocycles. The first-order valence-corrected chi connectivity index (χ1v) is 6.37. The van der Waals surface area contributed by atoms with Crippen LogP contribution in [0.25, 0.3) is 11.4 Å². The van der Waals surface area contributed by atoms with Gasteiger partial charge in [0, 0.05) is 24.4 Å². The summed E-state index contributed by atoms with van der Waals surface area (Å²) >= 11 is 1.33. The molecule has 0 unspecified atom stereocenters. The van der Waals surface area contributed by atoms with Crippen LogP contribution in [-0.2, 0) is 9.53 Å². The van der Waals surface area contributed by atoms with Gasteiger partial charge in [-0.1, -0.05) is 11.8 Å². The van der Waals surface area contributed by atoms with E-state index in [0.717, 1.165) is 5.56 Å². The molecule has 1 fully saturated rings. The number of aromatic nitrogens is 4. The van der Waals surface area contributed by atoms with Crippen molar-refractivity contribution in [3.05, 3.63) is 24.5 Å². The van der Waals surface area contributed by atoms with E-state index in [9.17, 15) is 4.79 Å². The maximum atomic E-state index is 11.3. The summed E-state index contributed by atoms with van der Waals surface area (Å²) in [6, 6.07) is 3.69. The lowest BCUT2D eigenvalue weighted by Crippen LogP contribution is -2.09. The predicted molar refractivity (Wildman–Crippen MR) is 64.8 cm³/mol. The molecule has 2 aromatic rings. The molecule has 0 radical (unpaired) electrons. The van der Waals surface area contributed by atoms with Crippen LogP contribution in [0.2, 0.25) is 0 Å². The highest BCUT2D eigenvalue weighted by Crippen LogP contribution is 2.28. The predicted octanol–water partition coefficient (Wildman–Crippen LogP) is 1.27. The standard InChI is InChI=1S/C11H10N4O2S/c16-10-8(3-6-17-10)18-11-13-9(14-15-11)7-1-4-12-5-2-7/h1-2,4-5,8H,3,6H2,(H,13,14,15)/t8-/m0/s1. The van der Waals surface area contributed by atoms with Crippen molar-refractivity contribution in [1.29, 1.82) is 0 Å². The summed E-state index contributed by atoms with van der Waals surface area (Å²) in [5.41, 5.74) is 0.915. The van der Waals surface area contributed by atoms with Crippen molar-refractivity contribution in [2.24, 2.45) is 0 Å². The number of rotatable bonds is 3. The summed E-state index contributed by atoms with van der Waals surface area (Å²) in [5.74, 6) is 0.488. The number of nitrogens with one attached hydrogen (secondary N) is 1. The molecule has 0 spiro atoms. The van der Waals surface area contributed by atoms with Gasteiger partial charge in [-0.3, -0.25) is 14.9 Å². The van der Waals surface area contributed by atoms with Gasteiger partial charge in [-0.05, 0) is 12.1 Å². The van der Waals surface area contributed by atoms with Gasteiger partial charge in [-0.25, -0.2) is 4.98 Å². The molecular weight excluding hydrogens is 252 g/mol. The first-order chi connectivity index (χ1) is 8.83. The highest BCUT2D eigenvalue weighted by molar-refractivity contribution is 8.00. The van der Waals surface area contributed by atoms with Crippen molar-refractivity contribution in [3.63, 3.8) is 0 Å². The number of H-pyrrole nitrogens is 1. The Kier molecular flexibility index (Phi) is 2.97. The maximum Gasteiger partial charge on any atom is 0.319 e. The number of carbonyl (C=O) groups is 1. The molecule has 1 aliphatic rings. The molecule has 3 rings (SSSR count). The van der Waals surface area contributed by atoms with Crippen LogP contribution < -0.4 is 0 Å². The lowest BCUT2D eigenvalue weighted by atomic mass is 10.3. The number of hydrogen-bond acceptors (Lipinski definition) is 6. The monoisotopic (exact) mass is 262 g/mol. The third-order valence-corrected chi connectivity index (χ3v) is 3.66. The summed E-state index contributed by atoms with van der Waals surface area (Å²) in [7, 11) is 0. The quantitative estimate of drug-likeness (QED) is 0.839. The van der Waals surface area contributed by atoms with Gasteiger partial charge >= 0.3 is 5.97 Å². The number of thioether (sulfide) groups is 1. The van der Waals surface area contributed by atoms with Gasteiger partial charge in [0.05, 0.1) is 6.61 Å². The van der Waals surface area contributed by atoms with Crippen molar-refractivity contribution in [1.82, 2.24) is 20.2 Å². The van der Waals surface area contributed by atoms with Gasteiger partial charge in [-0.2, -0.15) is 0 Å². The number of aromatic amines is 1. The second kappa shape index (κ2) is 4.77. The van der Waals surface area contributed by atoms with Crippen molar-refractivity contribution < 1.29 is 9.53 Å². The van der Waals surface area contributed by atoms with E-state index >= 15 is 0 Å². The number of cyclic esters (lactones) is 1. The lowest BCUT2D eigenvalue weighted by molar-refractivity contribution is -0.137. The van der Waals surface area contributed by atoms with Gasteiger partial charge in [0.15, 0.2) is 5.82 Å². The molecule has 1 aliphatic heterocycles. The van der Waals surface area contributed by atoms with Gasteiger partial charge in [-0.15, -0.1) is 5.10 Å². The molecule has 0 bridgehead atoms. The van der Waals surface area contributed by atoms with Crippen LogP contribution in [-0.4, -0.2) is 38.0 Å². The van der Waals surface area contributed by atoms with Crippen molar-refractivity contribution >= 4 is 17.7 Å². The minimum atomic E-state index is -0.189. The van der Waals surface area contributed by atoms with Crippen LogP contribution in [0.3, 0.4) is 0 Å². The summed E-state index contributed by atoms with van der Waals surface area (Å²) in [4.78, 5) is 19.6. The topological polar surface area (TPSA) is 80.8 Å². The molecule has 0 aliphatic carbocycles. The fourth-order valence-corrected chi connectivity index (χ4v) is 2.52. The normalized spacial score (nSPS) is 18.9. The van der Waals surface area contributed by atoms with Gasteiger partial charge < -0.3 is 4.74 Å². The lowest BCUT2D eigenvalue weighted by Gasteiger charge is -1.99. The number of hydrogen-bond donors (Lipinski definition) is 1. The first kappa shape index (κ1) is 11.2. The Morgan fingerprint density at radius 3 is 2.94 bits per heavy atom. The largest absolute Gasteiger partial charge is 0.465 e. The van der Waals surface area contributed by atoms with E-state index in [2.05, 4.69) is 20.2 Å². The van der Waals surface area contributed by atoms with E-state index < -0.39 is 0 Å². The van der Waals surface area contributed by atoms with Crippen LogP contribution in [0.5, 0.6) is 0 Å². The molecule has 0 aromatic carbocycles. The zero-order valence-electron chi connectivity index (χ0n) is 9.37. The number of esters is 1. The molecule has 92 valence electrons. The average molecular weight is 262 g/mol. The number of pyridine rings is 1. The molecule has 7 heteroatoms. The highest BCUT2D eigenvalue weighted by atomic mass is 32.2. The Labute approximate surface area is 107 Å². The molecule has 1 saturated heterocycles. The van der Waals surface area contributed by atoms with E-state index in [0.29, 0.717) is 24.0 Å².